The van der Waals surface area contributed by atoms with Crippen molar-refractivity contribution in [3.8, 4) is 0 Å². The number of esters is 1. The van der Waals surface area contributed by atoms with Crippen molar-refractivity contribution < 1.29 is 18.4 Å². The first-order valence-electron chi connectivity index (χ1n) is 4.57. The Morgan fingerprint density at radius 2 is 1.93 bits per heavy atom. The molecular formula is C10H14O5. The van der Waals surface area contributed by atoms with E-state index in [2.05, 4.69) is 0 Å². The molecule has 5 nitrogen and oxygen atoms in total. The predicted molar refractivity (Wildman–Crippen MR) is 51.4 cm³/mol. The average molecular weight is 214 g/mol. The van der Waals surface area contributed by atoms with Gasteiger partial charge in [-0.05, 0) is 0 Å². The number of rotatable bonds is 2. The molecule has 0 radical (unpaired) electrons. The maximum Gasteiger partial charge on any atom is 0.519 e. The van der Waals surface area contributed by atoms with Crippen molar-refractivity contribution in [3.05, 3.63) is 22.1 Å². The van der Waals surface area contributed by atoms with E-state index in [0.29, 0.717) is 5.76 Å². The highest BCUT2D eigenvalue weighted by Gasteiger charge is 2.26. The largest absolute Gasteiger partial charge is 0.519 e. The van der Waals surface area contributed by atoms with E-state index in [1.165, 1.54) is 6.92 Å². The van der Waals surface area contributed by atoms with Crippen LogP contribution >= 0.6 is 0 Å². The first-order valence-corrected chi connectivity index (χ1v) is 4.57. The highest BCUT2D eigenvalue weighted by molar-refractivity contribution is 5.65. The molecule has 0 saturated heterocycles. The van der Waals surface area contributed by atoms with Gasteiger partial charge in [-0.1, -0.05) is 20.8 Å². The highest BCUT2D eigenvalue weighted by atomic mass is 16.6. The normalized spacial score (nSPS) is 11.5. The fourth-order valence-electron chi connectivity index (χ4n) is 1.14. The second kappa shape index (κ2) is 3.92. The van der Waals surface area contributed by atoms with Crippen LogP contribution in [0.4, 0.5) is 0 Å². The molecule has 0 unspecified atom stereocenters. The summed E-state index contributed by atoms with van der Waals surface area (Å²) in [6.07, 6.45) is 0. The third kappa shape index (κ3) is 2.97. The van der Waals surface area contributed by atoms with E-state index in [4.69, 9.17) is 13.6 Å². The molecule has 0 aromatic carbocycles. The Kier molecular flexibility index (Phi) is 3.02. The van der Waals surface area contributed by atoms with Crippen molar-refractivity contribution in [2.75, 3.05) is 0 Å². The van der Waals surface area contributed by atoms with Crippen LogP contribution < -0.4 is 5.82 Å². The zero-order valence-corrected chi connectivity index (χ0v) is 9.25. The van der Waals surface area contributed by atoms with Crippen LogP contribution in [0.3, 0.4) is 0 Å². The van der Waals surface area contributed by atoms with E-state index >= 15 is 0 Å². The van der Waals surface area contributed by atoms with E-state index in [1.54, 1.807) is 0 Å². The molecular weight excluding hydrogens is 200 g/mol. The van der Waals surface area contributed by atoms with E-state index < -0.39 is 11.8 Å². The Hall–Kier alpha value is -1.52. The van der Waals surface area contributed by atoms with Gasteiger partial charge in [-0.15, -0.1) is 0 Å². The Balaban J connectivity index is 2.97. The minimum atomic E-state index is -0.776. The van der Waals surface area contributed by atoms with Crippen LogP contribution in [0.1, 0.15) is 39.2 Å². The molecule has 1 aromatic rings. The summed E-state index contributed by atoms with van der Waals surface area (Å²) in [7, 11) is 0. The predicted octanol–water partition coefficient (Wildman–Crippen LogP) is 1.59. The summed E-state index contributed by atoms with van der Waals surface area (Å²) in [4.78, 5) is 21.5. The Morgan fingerprint density at radius 3 is 2.40 bits per heavy atom. The van der Waals surface area contributed by atoms with Crippen molar-refractivity contribution in [1.29, 1.82) is 0 Å². The van der Waals surface area contributed by atoms with Gasteiger partial charge >= 0.3 is 11.8 Å². The molecule has 5 heteroatoms. The van der Waals surface area contributed by atoms with E-state index in [0.717, 1.165) is 0 Å². The summed E-state index contributed by atoms with van der Waals surface area (Å²) in [5.74, 6) is -0.530. The van der Waals surface area contributed by atoms with Gasteiger partial charge in [0.05, 0.1) is 0 Å². The molecule has 1 rings (SSSR count). The van der Waals surface area contributed by atoms with Gasteiger partial charge in [-0.2, -0.15) is 0 Å². The Morgan fingerprint density at radius 1 is 1.33 bits per heavy atom. The lowest BCUT2D eigenvalue weighted by Crippen LogP contribution is -2.13. The van der Waals surface area contributed by atoms with Gasteiger partial charge in [0.1, 0.15) is 0 Å². The molecule has 0 aliphatic rings. The van der Waals surface area contributed by atoms with Crippen LogP contribution in [0.2, 0.25) is 0 Å². The lowest BCUT2D eigenvalue weighted by atomic mass is 9.92. The minimum Gasteiger partial charge on any atom is -0.458 e. The summed E-state index contributed by atoms with van der Waals surface area (Å²) >= 11 is 0. The fraction of sp³-hybridized carbons (Fsp3) is 0.600. The van der Waals surface area contributed by atoms with Crippen LogP contribution in [0.25, 0.3) is 0 Å². The van der Waals surface area contributed by atoms with Gasteiger partial charge in [0.2, 0.25) is 0 Å². The van der Waals surface area contributed by atoms with Gasteiger partial charge in [0.15, 0.2) is 18.1 Å². The molecule has 1 aromatic heterocycles. The summed E-state index contributed by atoms with van der Waals surface area (Å²) in [5, 5.41) is 0. The molecule has 0 amide bonds. The number of hydrogen-bond donors (Lipinski definition) is 0. The van der Waals surface area contributed by atoms with Crippen LogP contribution in [0.15, 0.2) is 13.6 Å². The van der Waals surface area contributed by atoms with Gasteiger partial charge < -0.3 is 13.6 Å². The highest BCUT2D eigenvalue weighted by Crippen LogP contribution is 2.25. The van der Waals surface area contributed by atoms with Crippen molar-refractivity contribution in [2.24, 2.45) is 0 Å². The fourth-order valence-corrected chi connectivity index (χ4v) is 1.14. The molecule has 0 spiro atoms. The Bertz CT molecular complexity index is 404. The van der Waals surface area contributed by atoms with Crippen LogP contribution in [-0.4, -0.2) is 5.97 Å². The standard InChI is InChI=1S/C10H14O5/c1-6(11)13-5-7-8(10(2,3)4)15-9(12)14-7/h5H2,1-4H3. The van der Waals surface area contributed by atoms with Crippen LogP contribution in [-0.2, 0) is 21.6 Å². The molecule has 0 atom stereocenters. The van der Waals surface area contributed by atoms with Crippen molar-refractivity contribution >= 4 is 5.97 Å². The molecule has 0 aliphatic heterocycles. The van der Waals surface area contributed by atoms with Gasteiger partial charge in [0, 0.05) is 12.3 Å². The zero-order valence-electron chi connectivity index (χ0n) is 9.25. The molecule has 84 valence electrons. The van der Waals surface area contributed by atoms with Crippen molar-refractivity contribution in [2.45, 2.75) is 39.7 Å². The zero-order chi connectivity index (χ0) is 11.6. The number of hydrogen-bond acceptors (Lipinski definition) is 5. The minimum absolute atomic E-state index is 0.0757. The molecule has 0 saturated carbocycles. The first-order chi connectivity index (χ1) is 6.80. The SMILES string of the molecule is CC(=O)OCc1oc(=O)oc1C(C)(C)C. The number of ether oxygens (including phenoxy) is 1. The second-order valence-electron chi connectivity index (χ2n) is 4.24. The Labute approximate surface area is 87.0 Å². The molecule has 0 bridgehead atoms. The van der Waals surface area contributed by atoms with Gasteiger partial charge in [-0.25, -0.2) is 4.79 Å². The summed E-state index contributed by atoms with van der Waals surface area (Å²) in [5.41, 5.74) is -0.359. The molecule has 0 N–H and O–H groups in total. The molecule has 0 aliphatic carbocycles. The monoisotopic (exact) mass is 214 g/mol. The van der Waals surface area contributed by atoms with Gasteiger partial charge in [0.25, 0.3) is 0 Å². The number of carbonyl (C=O) groups is 1. The third-order valence-corrected chi connectivity index (χ3v) is 1.73. The van der Waals surface area contributed by atoms with Gasteiger partial charge in [-0.3, -0.25) is 4.79 Å². The third-order valence-electron chi connectivity index (χ3n) is 1.73. The smallest absolute Gasteiger partial charge is 0.458 e. The average Bonchev–Trinajstić information content (AvgIpc) is 2.42. The van der Waals surface area contributed by atoms with E-state index in [-0.39, 0.29) is 17.8 Å². The summed E-state index contributed by atoms with van der Waals surface area (Å²) < 4.78 is 14.4. The van der Waals surface area contributed by atoms with Crippen molar-refractivity contribution in [3.63, 3.8) is 0 Å². The lowest BCUT2D eigenvalue weighted by molar-refractivity contribution is -0.142. The molecule has 15 heavy (non-hydrogen) atoms. The number of carbonyl (C=O) groups excluding carboxylic acids is 1. The van der Waals surface area contributed by atoms with E-state index in [1.807, 2.05) is 20.8 Å². The van der Waals surface area contributed by atoms with E-state index in [9.17, 15) is 9.59 Å². The second-order valence-corrected chi connectivity index (χ2v) is 4.24. The topological polar surface area (TPSA) is 69.7 Å². The summed E-state index contributed by atoms with van der Waals surface area (Å²) in [6.45, 7) is 6.83. The van der Waals surface area contributed by atoms with Crippen molar-refractivity contribution in [1.82, 2.24) is 0 Å². The first kappa shape index (κ1) is 11.6. The van der Waals surface area contributed by atoms with Crippen LogP contribution in [0.5, 0.6) is 0 Å². The quantitative estimate of drug-likeness (QED) is 0.699. The van der Waals surface area contributed by atoms with Crippen LogP contribution in [0, 0.1) is 0 Å². The lowest BCUT2D eigenvalue weighted by Gasteiger charge is -2.14. The molecule has 0 fully saturated rings. The molecule has 1 heterocycles. The maximum atomic E-state index is 10.9. The summed E-state index contributed by atoms with van der Waals surface area (Å²) in [6, 6.07) is 0. The maximum absolute atomic E-state index is 10.9.